The molecule has 1 aliphatic rings. The Balaban J connectivity index is 0.000000531. The van der Waals surface area contributed by atoms with Gasteiger partial charge in [0, 0.05) is 65.5 Å². The third-order valence-corrected chi connectivity index (χ3v) is 7.17. The Morgan fingerprint density at radius 1 is 0.846 bits per heavy atom. The van der Waals surface area contributed by atoms with Crippen LogP contribution in [-0.2, 0) is 27.5 Å². The minimum absolute atomic E-state index is 0.0476. The average Bonchev–Trinajstić information content (AvgIpc) is 3.26. The number of piperazine rings is 1. The molecule has 0 spiro atoms. The summed E-state index contributed by atoms with van der Waals surface area (Å²) in [4.78, 5) is 35.1. The van der Waals surface area contributed by atoms with Crippen molar-refractivity contribution in [3.05, 3.63) is 76.8 Å². The number of halogens is 1. The first-order valence-corrected chi connectivity index (χ1v) is 13.4. The summed E-state index contributed by atoms with van der Waals surface area (Å²) in [5.74, 6) is -2.89. The Bertz CT molecular complexity index is 1460. The first-order chi connectivity index (χ1) is 18.8. The van der Waals surface area contributed by atoms with E-state index in [0.717, 1.165) is 43.7 Å². The number of para-hydroxylation sites is 1. The van der Waals surface area contributed by atoms with E-state index >= 15 is 0 Å². The van der Waals surface area contributed by atoms with E-state index < -0.39 is 11.9 Å². The number of hydrogen-bond acceptors (Lipinski definition) is 5. The maximum absolute atomic E-state index is 12.6. The monoisotopic (exact) mass is 595 g/mol. The third kappa shape index (κ3) is 6.96. The molecule has 1 aromatic heterocycles. The van der Waals surface area contributed by atoms with Gasteiger partial charge in [-0.1, -0.05) is 40.2 Å². The molecule has 204 valence electrons. The van der Waals surface area contributed by atoms with Crippen LogP contribution in [0, 0.1) is 0 Å². The van der Waals surface area contributed by atoms with Gasteiger partial charge in [-0.2, -0.15) is 0 Å². The number of aliphatic carboxylic acids is 2. The number of carboxylic acid groups (broad SMARTS) is 2. The van der Waals surface area contributed by atoms with Crippen molar-refractivity contribution >= 4 is 55.6 Å². The Hall–Kier alpha value is -3.89. The number of carbonyl (C=O) groups excluding carboxylic acids is 1. The molecule has 0 radical (unpaired) electrons. The Kier molecular flexibility index (Phi) is 9.21. The molecule has 10 heteroatoms. The Morgan fingerprint density at radius 3 is 2.13 bits per heavy atom. The lowest BCUT2D eigenvalue weighted by molar-refractivity contribution is -0.159. The summed E-state index contributed by atoms with van der Waals surface area (Å²) in [6.45, 7) is 7.37. The summed E-state index contributed by atoms with van der Waals surface area (Å²) in [7, 11) is 0. The number of rotatable bonds is 6. The number of benzene rings is 3. The molecule has 1 saturated heterocycles. The molecular formula is C29H30BrN3O6. The van der Waals surface area contributed by atoms with Crippen molar-refractivity contribution in [2.24, 2.45) is 0 Å². The predicted octanol–water partition coefficient (Wildman–Crippen LogP) is 4.46. The highest BCUT2D eigenvalue weighted by Gasteiger charge is 2.22. The Labute approximate surface area is 234 Å². The van der Waals surface area contributed by atoms with E-state index in [4.69, 9.17) is 24.5 Å². The number of aryl methyl sites for hydroxylation is 1. The third-order valence-electron chi connectivity index (χ3n) is 6.64. The van der Waals surface area contributed by atoms with E-state index in [9.17, 15) is 4.79 Å². The van der Waals surface area contributed by atoms with Crippen LogP contribution in [0.3, 0.4) is 0 Å². The highest BCUT2D eigenvalue weighted by Crippen LogP contribution is 2.30. The molecule has 2 heterocycles. The smallest absolute Gasteiger partial charge is 0.414 e. The van der Waals surface area contributed by atoms with E-state index in [1.807, 2.05) is 29.2 Å². The highest BCUT2D eigenvalue weighted by molar-refractivity contribution is 9.10. The van der Waals surface area contributed by atoms with Crippen LogP contribution in [0.2, 0.25) is 0 Å². The Morgan fingerprint density at radius 2 is 1.49 bits per heavy atom. The molecule has 0 aliphatic carbocycles. The van der Waals surface area contributed by atoms with Crippen molar-refractivity contribution in [3.8, 4) is 5.75 Å². The number of carboxylic acids is 2. The first-order valence-electron chi connectivity index (χ1n) is 12.6. The van der Waals surface area contributed by atoms with E-state index in [1.165, 1.54) is 27.4 Å². The topological polar surface area (TPSA) is 112 Å². The summed E-state index contributed by atoms with van der Waals surface area (Å²) in [5, 5.41) is 17.4. The summed E-state index contributed by atoms with van der Waals surface area (Å²) >= 11 is 3.41. The number of hydrogen-bond donors (Lipinski definition) is 2. The van der Waals surface area contributed by atoms with Crippen LogP contribution in [-0.4, -0.2) is 75.2 Å². The molecule has 5 rings (SSSR count). The number of amides is 1. The molecule has 0 saturated carbocycles. The zero-order valence-electron chi connectivity index (χ0n) is 21.5. The predicted molar refractivity (Wildman–Crippen MR) is 152 cm³/mol. The SMILES string of the molecule is CCn1c2ccccc2c2cc(CN3CCN(C(=O)COc4ccc(Br)cc4)CC3)ccc21.O=C(O)C(=O)O. The molecule has 0 unspecified atom stereocenters. The van der Waals surface area contributed by atoms with E-state index in [2.05, 4.69) is 74.8 Å². The van der Waals surface area contributed by atoms with Gasteiger partial charge in [0.1, 0.15) is 5.75 Å². The summed E-state index contributed by atoms with van der Waals surface area (Å²) in [6, 6.07) is 23.0. The van der Waals surface area contributed by atoms with Gasteiger partial charge in [-0.15, -0.1) is 0 Å². The molecule has 1 aliphatic heterocycles. The van der Waals surface area contributed by atoms with Gasteiger partial charge in [0.05, 0.1) is 0 Å². The fraction of sp³-hybridized carbons (Fsp3) is 0.276. The van der Waals surface area contributed by atoms with Crippen LogP contribution in [0.4, 0.5) is 0 Å². The summed E-state index contributed by atoms with van der Waals surface area (Å²) in [6.07, 6.45) is 0. The lowest BCUT2D eigenvalue weighted by atomic mass is 10.1. The lowest BCUT2D eigenvalue weighted by Gasteiger charge is -2.34. The molecule has 9 nitrogen and oxygen atoms in total. The zero-order valence-corrected chi connectivity index (χ0v) is 23.1. The van der Waals surface area contributed by atoms with Gasteiger partial charge < -0.3 is 24.4 Å². The highest BCUT2D eigenvalue weighted by atomic mass is 79.9. The largest absolute Gasteiger partial charge is 0.484 e. The average molecular weight is 596 g/mol. The quantitative estimate of drug-likeness (QED) is 0.316. The standard InChI is InChI=1S/C27H28BrN3O2.C2H2O4/c1-2-31-25-6-4-3-5-23(25)24-17-20(7-12-26(24)31)18-29-13-15-30(16-14-29)27(32)19-33-22-10-8-21(28)9-11-22;3-1(4)2(5)6/h3-12,17H,2,13-16,18-19H2,1H3;(H,3,4)(H,5,6). The molecule has 2 N–H and O–H groups in total. The van der Waals surface area contributed by atoms with Gasteiger partial charge >= 0.3 is 11.9 Å². The summed E-state index contributed by atoms with van der Waals surface area (Å²) in [5.41, 5.74) is 3.91. The second-order valence-corrected chi connectivity index (χ2v) is 10.0. The van der Waals surface area contributed by atoms with Crippen LogP contribution in [0.15, 0.2) is 71.2 Å². The molecule has 1 amide bonds. The second-order valence-electron chi connectivity index (χ2n) is 9.12. The summed E-state index contributed by atoms with van der Waals surface area (Å²) < 4.78 is 9.04. The van der Waals surface area contributed by atoms with Gasteiger partial charge in [-0.25, -0.2) is 9.59 Å². The normalized spacial score (nSPS) is 13.6. The van der Waals surface area contributed by atoms with Crippen molar-refractivity contribution in [2.45, 2.75) is 20.0 Å². The van der Waals surface area contributed by atoms with Crippen molar-refractivity contribution in [2.75, 3.05) is 32.8 Å². The molecule has 39 heavy (non-hydrogen) atoms. The minimum atomic E-state index is -1.82. The van der Waals surface area contributed by atoms with Gasteiger partial charge in [0.2, 0.25) is 0 Å². The minimum Gasteiger partial charge on any atom is -0.484 e. The number of nitrogens with zero attached hydrogens (tertiary/aromatic N) is 3. The van der Waals surface area contributed by atoms with Crippen molar-refractivity contribution in [1.29, 1.82) is 0 Å². The van der Waals surface area contributed by atoms with Crippen molar-refractivity contribution in [3.63, 3.8) is 0 Å². The molecule has 3 aromatic carbocycles. The van der Waals surface area contributed by atoms with E-state index in [1.54, 1.807) is 0 Å². The lowest BCUT2D eigenvalue weighted by Crippen LogP contribution is -2.49. The number of fused-ring (bicyclic) bond motifs is 3. The maximum atomic E-state index is 12.6. The van der Waals surface area contributed by atoms with Gasteiger partial charge in [-0.3, -0.25) is 9.69 Å². The van der Waals surface area contributed by atoms with E-state index in [0.29, 0.717) is 5.75 Å². The fourth-order valence-corrected chi connectivity index (χ4v) is 4.98. The van der Waals surface area contributed by atoms with Crippen LogP contribution < -0.4 is 4.74 Å². The molecule has 1 fully saturated rings. The van der Waals surface area contributed by atoms with Crippen LogP contribution in [0.25, 0.3) is 21.8 Å². The van der Waals surface area contributed by atoms with Crippen LogP contribution >= 0.6 is 15.9 Å². The van der Waals surface area contributed by atoms with Crippen molar-refractivity contribution < 1.29 is 29.3 Å². The molecule has 0 atom stereocenters. The number of aromatic nitrogens is 1. The number of ether oxygens (including phenoxy) is 1. The van der Waals surface area contributed by atoms with Crippen molar-refractivity contribution in [1.82, 2.24) is 14.4 Å². The van der Waals surface area contributed by atoms with Gasteiger partial charge in [0.25, 0.3) is 5.91 Å². The first kappa shape index (κ1) is 28.1. The maximum Gasteiger partial charge on any atom is 0.414 e. The number of carbonyl (C=O) groups is 3. The van der Waals surface area contributed by atoms with E-state index in [-0.39, 0.29) is 12.5 Å². The zero-order chi connectivity index (χ0) is 27.9. The van der Waals surface area contributed by atoms with Gasteiger partial charge in [0.15, 0.2) is 6.61 Å². The molecule has 0 bridgehead atoms. The fourth-order valence-electron chi connectivity index (χ4n) is 4.72. The van der Waals surface area contributed by atoms with Crippen LogP contribution in [0.5, 0.6) is 5.75 Å². The molecule has 4 aromatic rings. The van der Waals surface area contributed by atoms with Gasteiger partial charge in [-0.05, 0) is 55.0 Å². The molecular weight excluding hydrogens is 566 g/mol. The second kappa shape index (κ2) is 12.8. The van der Waals surface area contributed by atoms with Crippen LogP contribution in [0.1, 0.15) is 12.5 Å².